The summed E-state index contributed by atoms with van der Waals surface area (Å²) in [7, 11) is 0.0640. The number of ether oxygens (including phenoxy) is 1. The van der Waals surface area contributed by atoms with Crippen molar-refractivity contribution in [3.63, 3.8) is 0 Å². The van der Waals surface area contributed by atoms with Crippen LogP contribution >= 0.6 is 0 Å². The van der Waals surface area contributed by atoms with Crippen molar-refractivity contribution in [1.29, 1.82) is 0 Å². The number of carbonyl (C=O) groups is 2. The van der Waals surface area contributed by atoms with Crippen LogP contribution in [0.15, 0.2) is 54.1 Å². The van der Waals surface area contributed by atoms with Gasteiger partial charge in [-0.3, -0.25) is 4.79 Å². The van der Waals surface area contributed by atoms with Gasteiger partial charge >= 0.3 is 6.09 Å². The van der Waals surface area contributed by atoms with Crippen molar-refractivity contribution < 1.29 is 22.7 Å². The van der Waals surface area contributed by atoms with Gasteiger partial charge in [0.1, 0.15) is 5.82 Å². The van der Waals surface area contributed by atoms with E-state index in [0.717, 1.165) is 17.1 Å². The molecular formula is C28H38N6O5S. The lowest BCUT2D eigenvalue weighted by Gasteiger charge is -2.46. The highest BCUT2D eigenvalue weighted by molar-refractivity contribution is 7.89. The molecule has 2 aromatic rings. The number of aromatic nitrogens is 1. The zero-order valence-electron chi connectivity index (χ0n) is 23.4. The lowest BCUT2D eigenvalue weighted by Crippen LogP contribution is -2.64. The summed E-state index contributed by atoms with van der Waals surface area (Å²) in [6.45, 7) is 7.42. The smallest absolute Gasteiger partial charge is 0.407 e. The summed E-state index contributed by atoms with van der Waals surface area (Å²) in [5, 5.41) is 3.04. The molecule has 12 heteroatoms. The Balaban J connectivity index is 1.46. The molecule has 1 aromatic heterocycles. The van der Waals surface area contributed by atoms with Gasteiger partial charge in [0.25, 0.3) is 0 Å². The van der Waals surface area contributed by atoms with Crippen LogP contribution in [0.1, 0.15) is 25.3 Å². The van der Waals surface area contributed by atoms with E-state index in [2.05, 4.69) is 21.8 Å². The van der Waals surface area contributed by atoms with Gasteiger partial charge in [-0.25, -0.2) is 18.2 Å². The summed E-state index contributed by atoms with van der Waals surface area (Å²) < 4.78 is 32.8. The first-order valence-corrected chi connectivity index (χ1v) is 14.8. The number of sulfonamides is 1. The number of nitrogens with zero attached hydrogens (tertiary/aromatic N) is 5. The lowest BCUT2D eigenvalue weighted by molar-refractivity contribution is -0.135. The van der Waals surface area contributed by atoms with E-state index in [0.29, 0.717) is 25.9 Å². The monoisotopic (exact) mass is 570 g/mol. The molecule has 2 saturated heterocycles. The molecule has 3 heterocycles. The minimum absolute atomic E-state index is 0.140. The standard InChI is InChI=1S/C28H38N6O5S/c1-5-22-7-9-24(10-8-22)40(37,38)34-18-17-33(26(35)20-34)21-28(30-27(36)39-6-2)12-15-32(16-13-28)23-11-14-29-25(19-23)31(3)4/h5,7-11,14,19H,1,6,12-13,15-18,20-21H2,2-4H3,(H,30,36). The third-order valence-corrected chi connectivity index (χ3v) is 9.31. The average molecular weight is 571 g/mol. The molecule has 216 valence electrons. The van der Waals surface area contributed by atoms with E-state index in [9.17, 15) is 18.0 Å². The van der Waals surface area contributed by atoms with Crippen molar-refractivity contribution in [2.75, 3.05) is 69.8 Å². The zero-order chi connectivity index (χ0) is 28.9. The highest BCUT2D eigenvalue weighted by Crippen LogP contribution is 2.30. The minimum atomic E-state index is -3.82. The summed E-state index contributed by atoms with van der Waals surface area (Å²) in [4.78, 5) is 36.2. The van der Waals surface area contributed by atoms with Crippen molar-refractivity contribution in [3.8, 4) is 0 Å². The number of piperidine rings is 1. The van der Waals surface area contributed by atoms with Crippen LogP contribution in [0, 0.1) is 0 Å². The zero-order valence-corrected chi connectivity index (χ0v) is 24.2. The number of anilines is 2. The van der Waals surface area contributed by atoms with Crippen molar-refractivity contribution in [2.24, 2.45) is 0 Å². The molecule has 11 nitrogen and oxygen atoms in total. The van der Waals surface area contributed by atoms with Crippen LogP contribution in [0.4, 0.5) is 16.3 Å². The van der Waals surface area contributed by atoms with Gasteiger partial charge in [-0.2, -0.15) is 4.31 Å². The number of benzene rings is 1. The van der Waals surface area contributed by atoms with Gasteiger partial charge in [0.05, 0.1) is 23.6 Å². The number of piperazine rings is 1. The number of rotatable bonds is 9. The molecular weight excluding hydrogens is 532 g/mol. The molecule has 2 aliphatic rings. The Labute approximate surface area is 236 Å². The Morgan fingerprint density at radius 2 is 1.85 bits per heavy atom. The van der Waals surface area contributed by atoms with Crippen molar-refractivity contribution in [2.45, 2.75) is 30.2 Å². The molecule has 2 fully saturated rings. The first kappa shape index (κ1) is 29.3. The molecule has 1 N–H and O–H groups in total. The van der Waals surface area contributed by atoms with Gasteiger partial charge in [-0.05, 0) is 43.5 Å². The van der Waals surface area contributed by atoms with Gasteiger partial charge in [-0.1, -0.05) is 24.8 Å². The SMILES string of the molecule is C=Cc1ccc(S(=O)(=O)N2CCN(CC3(NC(=O)OCC)CCN(c4ccnc(N(C)C)c4)CC3)C(=O)C2)cc1. The Kier molecular flexibility index (Phi) is 8.99. The number of alkyl carbamates (subject to hydrolysis) is 1. The summed E-state index contributed by atoms with van der Waals surface area (Å²) in [5.74, 6) is 0.559. The minimum Gasteiger partial charge on any atom is -0.450 e. The third-order valence-electron chi connectivity index (χ3n) is 7.45. The van der Waals surface area contributed by atoms with Crippen LogP contribution in [-0.4, -0.2) is 100 Å². The van der Waals surface area contributed by atoms with Crippen molar-refractivity contribution in [3.05, 3.63) is 54.7 Å². The van der Waals surface area contributed by atoms with Crippen molar-refractivity contribution in [1.82, 2.24) is 19.5 Å². The molecule has 40 heavy (non-hydrogen) atoms. The van der Waals surface area contributed by atoms with Gasteiger partial charge < -0.3 is 24.8 Å². The van der Waals surface area contributed by atoms with Crippen LogP contribution in [0.25, 0.3) is 6.08 Å². The van der Waals surface area contributed by atoms with Gasteiger partial charge in [0.2, 0.25) is 15.9 Å². The predicted molar refractivity (Wildman–Crippen MR) is 155 cm³/mol. The molecule has 0 radical (unpaired) electrons. The molecule has 0 spiro atoms. The first-order valence-electron chi connectivity index (χ1n) is 13.4. The third kappa shape index (κ3) is 6.56. The van der Waals surface area contributed by atoms with E-state index in [1.165, 1.54) is 16.4 Å². The van der Waals surface area contributed by atoms with Crippen LogP contribution < -0.4 is 15.1 Å². The first-order chi connectivity index (χ1) is 19.1. The molecule has 0 atom stereocenters. The lowest BCUT2D eigenvalue weighted by atomic mass is 9.86. The quantitative estimate of drug-likeness (QED) is 0.489. The van der Waals surface area contributed by atoms with Gasteiger partial charge in [-0.15, -0.1) is 0 Å². The molecule has 0 aliphatic carbocycles. The maximum absolute atomic E-state index is 13.2. The van der Waals surface area contributed by atoms with Crippen LogP contribution in [0.3, 0.4) is 0 Å². The van der Waals surface area contributed by atoms with Crippen LogP contribution in [-0.2, 0) is 19.6 Å². The number of nitrogens with one attached hydrogen (secondary N) is 1. The van der Waals surface area contributed by atoms with E-state index in [4.69, 9.17) is 4.74 Å². The second-order valence-electron chi connectivity index (χ2n) is 10.3. The number of hydrogen-bond acceptors (Lipinski definition) is 8. The Morgan fingerprint density at radius 1 is 1.15 bits per heavy atom. The number of carbonyl (C=O) groups excluding carboxylic acids is 2. The molecule has 2 aliphatic heterocycles. The van der Waals surface area contributed by atoms with E-state index in [1.54, 1.807) is 36.2 Å². The Morgan fingerprint density at radius 3 is 2.45 bits per heavy atom. The summed E-state index contributed by atoms with van der Waals surface area (Å²) in [6, 6.07) is 10.4. The van der Waals surface area contributed by atoms with Crippen LogP contribution in [0.5, 0.6) is 0 Å². The summed E-state index contributed by atoms with van der Waals surface area (Å²) in [6.07, 6.45) is 4.08. The second-order valence-corrected chi connectivity index (χ2v) is 12.2. The van der Waals surface area contributed by atoms with E-state index >= 15 is 0 Å². The normalized spacial score (nSPS) is 17.8. The molecule has 1 aromatic carbocycles. The van der Waals surface area contributed by atoms with E-state index in [1.807, 2.05) is 31.1 Å². The number of pyridine rings is 1. The highest BCUT2D eigenvalue weighted by Gasteiger charge is 2.41. The Bertz CT molecular complexity index is 1320. The summed E-state index contributed by atoms with van der Waals surface area (Å²) >= 11 is 0. The number of hydrogen-bond donors (Lipinski definition) is 1. The van der Waals surface area contributed by atoms with Gasteiger partial charge in [0.15, 0.2) is 0 Å². The Hall–Kier alpha value is -3.64. The highest BCUT2D eigenvalue weighted by atomic mass is 32.2. The largest absolute Gasteiger partial charge is 0.450 e. The molecule has 0 bridgehead atoms. The van der Waals surface area contributed by atoms with Crippen molar-refractivity contribution >= 4 is 39.6 Å². The fraction of sp³-hybridized carbons (Fsp3) is 0.464. The van der Waals surface area contributed by atoms with E-state index in [-0.39, 0.29) is 43.6 Å². The summed E-state index contributed by atoms with van der Waals surface area (Å²) in [5.41, 5.74) is 1.16. The number of amides is 2. The van der Waals surface area contributed by atoms with E-state index < -0.39 is 21.7 Å². The predicted octanol–water partition coefficient (Wildman–Crippen LogP) is 2.41. The van der Waals surface area contributed by atoms with Gasteiger partial charge in [0, 0.05) is 64.8 Å². The topological polar surface area (TPSA) is 115 Å². The maximum atomic E-state index is 13.2. The van der Waals surface area contributed by atoms with Crippen LogP contribution in [0.2, 0.25) is 0 Å². The second kappa shape index (κ2) is 12.3. The molecule has 2 amide bonds. The average Bonchev–Trinajstić information content (AvgIpc) is 2.94. The fourth-order valence-corrected chi connectivity index (χ4v) is 6.48. The molecule has 0 saturated carbocycles. The molecule has 4 rings (SSSR count). The maximum Gasteiger partial charge on any atom is 0.407 e. The molecule has 0 unspecified atom stereocenters. The fourth-order valence-electron chi connectivity index (χ4n) is 5.10.